The molecule has 2 heterocycles. The average molecular weight is 400 g/mol. The Hall–Kier alpha value is -2.41. The number of guanidine groups is 1. The zero-order chi connectivity index (χ0) is 20.6. The number of amides is 2. The van der Waals surface area contributed by atoms with Crippen LogP contribution in [0.4, 0.5) is 0 Å². The summed E-state index contributed by atoms with van der Waals surface area (Å²) >= 11 is 0. The monoisotopic (exact) mass is 399 g/mol. The Labute approximate surface area is 173 Å². The number of imide groups is 1. The van der Waals surface area contributed by atoms with Crippen molar-refractivity contribution in [3.05, 3.63) is 35.4 Å². The highest BCUT2D eigenvalue weighted by molar-refractivity contribution is 5.97. The van der Waals surface area contributed by atoms with Crippen molar-refractivity contribution >= 4 is 17.8 Å². The summed E-state index contributed by atoms with van der Waals surface area (Å²) in [5.41, 5.74) is 2.66. The lowest BCUT2D eigenvalue weighted by Gasteiger charge is -2.36. The van der Waals surface area contributed by atoms with E-state index < -0.39 is 0 Å². The molecule has 2 aliphatic rings. The second-order valence-electron chi connectivity index (χ2n) is 7.78. The van der Waals surface area contributed by atoms with Gasteiger partial charge in [-0.25, -0.2) is 0 Å². The van der Waals surface area contributed by atoms with Crippen LogP contribution in [0.1, 0.15) is 37.3 Å². The van der Waals surface area contributed by atoms with Gasteiger partial charge in [0.2, 0.25) is 11.8 Å². The van der Waals surface area contributed by atoms with Gasteiger partial charge in [0.1, 0.15) is 0 Å². The molecule has 0 atom stereocenters. The minimum Gasteiger partial charge on any atom is -0.357 e. The lowest BCUT2D eigenvalue weighted by atomic mass is 10.1. The van der Waals surface area contributed by atoms with Crippen LogP contribution < -0.4 is 5.32 Å². The molecule has 3 rings (SSSR count). The first-order valence-corrected chi connectivity index (χ1v) is 10.7. The highest BCUT2D eigenvalue weighted by Crippen LogP contribution is 2.12. The molecule has 1 aromatic carbocycles. The number of aryl methyl sites for hydroxylation is 1. The van der Waals surface area contributed by atoms with Crippen LogP contribution in [-0.2, 0) is 16.1 Å². The van der Waals surface area contributed by atoms with E-state index in [-0.39, 0.29) is 11.8 Å². The van der Waals surface area contributed by atoms with E-state index in [1.807, 2.05) is 0 Å². The minimum atomic E-state index is -0.0637. The van der Waals surface area contributed by atoms with E-state index in [0.29, 0.717) is 32.4 Å². The maximum Gasteiger partial charge on any atom is 0.229 e. The van der Waals surface area contributed by atoms with Gasteiger partial charge >= 0.3 is 0 Å². The van der Waals surface area contributed by atoms with Gasteiger partial charge in [0, 0.05) is 58.7 Å². The molecule has 29 heavy (non-hydrogen) atoms. The van der Waals surface area contributed by atoms with Crippen molar-refractivity contribution in [2.75, 3.05) is 45.8 Å². The summed E-state index contributed by atoms with van der Waals surface area (Å²) in [6.45, 7) is 10.6. The molecular formula is C22H33N5O2. The number of piperidine rings is 1. The molecule has 0 unspecified atom stereocenters. The number of aliphatic imine (C=N–C) groups is 1. The van der Waals surface area contributed by atoms with Crippen molar-refractivity contribution in [2.24, 2.45) is 4.99 Å². The standard InChI is InChI=1S/C22H33N5O2/c1-3-23-22(24-10-11-27-20(28)8-5-9-21(27)29)26-14-12-25(13-15-26)17-19-7-4-6-18(2)16-19/h4,6-7,16H,3,5,8-15,17H2,1-2H3,(H,23,24). The fourth-order valence-electron chi connectivity index (χ4n) is 3.92. The molecule has 158 valence electrons. The number of carbonyl (C=O) groups is 2. The van der Waals surface area contributed by atoms with Gasteiger partial charge in [-0.2, -0.15) is 0 Å². The fraction of sp³-hybridized carbons (Fsp3) is 0.591. The predicted molar refractivity (Wildman–Crippen MR) is 115 cm³/mol. The van der Waals surface area contributed by atoms with Crippen molar-refractivity contribution in [1.82, 2.24) is 20.0 Å². The Morgan fingerprint density at radius 1 is 1.10 bits per heavy atom. The van der Waals surface area contributed by atoms with Gasteiger partial charge in [-0.15, -0.1) is 0 Å². The Balaban J connectivity index is 1.51. The summed E-state index contributed by atoms with van der Waals surface area (Å²) in [5, 5.41) is 3.35. The van der Waals surface area contributed by atoms with Gasteiger partial charge in [-0.3, -0.25) is 24.4 Å². The van der Waals surface area contributed by atoms with E-state index >= 15 is 0 Å². The molecule has 1 aromatic rings. The van der Waals surface area contributed by atoms with Crippen LogP contribution in [-0.4, -0.2) is 78.3 Å². The largest absolute Gasteiger partial charge is 0.357 e. The maximum absolute atomic E-state index is 11.9. The Morgan fingerprint density at radius 2 is 1.83 bits per heavy atom. The molecule has 2 fully saturated rings. The molecule has 0 aromatic heterocycles. The lowest BCUT2D eigenvalue weighted by Crippen LogP contribution is -2.52. The van der Waals surface area contributed by atoms with Crippen LogP contribution in [0.3, 0.4) is 0 Å². The van der Waals surface area contributed by atoms with Gasteiger partial charge < -0.3 is 10.2 Å². The number of carbonyl (C=O) groups excluding carboxylic acids is 2. The second-order valence-corrected chi connectivity index (χ2v) is 7.78. The molecule has 0 bridgehead atoms. The van der Waals surface area contributed by atoms with E-state index in [1.165, 1.54) is 16.0 Å². The van der Waals surface area contributed by atoms with Crippen LogP contribution >= 0.6 is 0 Å². The highest BCUT2D eigenvalue weighted by atomic mass is 16.2. The third-order valence-electron chi connectivity index (χ3n) is 5.46. The van der Waals surface area contributed by atoms with Crippen molar-refractivity contribution in [3.8, 4) is 0 Å². The summed E-state index contributed by atoms with van der Waals surface area (Å²) in [7, 11) is 0. The number of nitrogens with zero attached hydrogens (tertiary/aromatic N) is 4. The van der Waals surface area contributed by atoms with E-state index in [1.54, 1.807) is 0 Å². The first-order chi connectivity index (χ1) is 14.1. The number of rotatable bonds is 6. The van der Waals surface area contributed by atoms with Gasteiger partial charge in [-0.05, 0) is 25.8 Å². The zero-order valence-corrected chi connectivity index (χ0v) is 17.7. The molecule has 0 aliphatic carbocycles. The smallest absolute Gasteiger partial charge is 0.229 e. The van der Waals surface area contributed by atoms with Crippen molar-refractivity contribution in [3.63, 3.8) is 0 Å². The second kappa shape index (κ2) is 10.4. The third kappa shape index (κ3) is 6.03. The van der Waals surface area contributed by atoms with Gasteiger partial charge in [-0.1, -0.05) is 29.8 Å². The number of likely N-dealkylation sites (tertiary alicyclic amines) is 1. The molecule has 2 saturated heterocycles. The first kappa shape index (κ1) is 21.3. The van der Waals surface area contributed by atoms with E-state index in [9.17, 15) is 9.59 Å². The number of hydrogen-bond acceptors (Lipinski definition) is 4. The summed E-state index contributed by atoms with van der Waals surface area (Å²) < 4.78 is 0. The molecule has 0 spiro atoms. The van der Waals surface area contributed by atoms with Crippen LogP contribution in [0.2, 0.25) is 0 Å². The number of piperazine rings is 1. The molecule has 2 aliphatic heterocycles. The molecule has 0 radical (unpaired) electrons. The molecule has 2 amide bonds. The fourth-order valence-corrected chi connectivity index (χ4v) is 3.92. The molecule has 7 nitrogen and oxygen atoms in total. The van der Waals surface area contributed by atoms with E-state index in [4.69, 9.17) is 0 Å². The van der Waals surface area contributed by atoms with Gasteiger partial charge in [0.15, 0.2) is 5.96 Å². The van der Waals surface area contributed by atoms with Gasteiger partial charge in [0.05, 0.1) is 6.54 Å². The van der Waals surface area contributed by atoms with Crippen LogP contribution in [0.15, 0.2) is 29.3 Å². The quantitative estimate of drug-likeness (QED) is 0.447. The molecule has 0 saturated carbocycles. The number of nitrogens with one attached hydrogen (secondary N) is 1. The minimum absolute atomic E-state index is 0.0637. The van der Waals surface area contributed by atoms with E-state index in [0.717, 1.165) is 45.2 Å². The summed E-state index contributed by atoms with van der Waals surface area (Å²) in [6.07, 6.45) is 1.61. The Bertz CT molecular complexity index is 724. The highest BCUT2D eigenvalue weighted by Gasteiger charge is 2.25. The molecular weight excluding hydrogens is 366 g/mol. The van der Waals surface area contributed by atoms with Gasteiger partial charge in [0.25, 0.3) is 0 Å². The number of hydrogen-bond donors (Lipinski definition) is 1. The summed E-state index contributed by atoms with van der Waals surface area (Å²) in [6, 6.07) is 8.69. The van der Waals surface area contributed by atoms with E-state index in [2.05, 4.69) is 58.2 Å². The SMILES string of the molecule is CCNC(=NCCN1C(=O)CCCC1=O)N1CCN(Cc2cccc(C)c2)CC1. The lowest BCUT2D eigenvalue weighted by molar-refractivity contribution is -0.147. The van der Waals surface area contributed by atoms with Crippen molar-refractivity contribution < 1.29 is 9.59 Å². The third-order valence-corrected chi connectivity index (χ3v) is 5.46. The molecule has 1 N–H and O–H groups in total. The Kier molecular flexibility index (Phi) is 7.63. The zero-order valence-electron chi connectivity index (χ0n) is 17.7. The molecule has 7 heteroatoms. The first-order valence-electron chi connectivity index (χ1n) is 10.7. The average Bonchev–Trinajstić information content (AvgIpc) is 2.70. The topological polar surface area (TPSA) is 68.2 Å². The number of benzene rings is 1. The maximum atomic E-state index is 11.9. The Morgan fingerprint density at radius 3 is 2.48 bits per heavy atom. The summed E-state index contributed by atoms with van der Waals surface area (Å²) in [5.74, 6) is 0.747. The predicted octanol–water partition coefficient (Wildman–Crippen LogP) is 1.62. The normalized spacial score (nSPS) is 19.0. The van der Waals surface area contributed by atoms with Crippen LogP contribution in [0, 0.1) is 6.92 Å². The van der Waals surface area contributed by atoms with Crippen LogP contribution in [0.25, 0.3) is 0 Å². The summed E-state index contributed by atoms with van der Waals surface area (Å²) in [4.78, 5) is 34.7. The van der Waals surface area contributed by atoms with Crippen molar-refractivity contribution in [1.29, 1.82) is 0 Å². The van der Waals surface area contributed by atoms with Crippen molar-refractivity contribution in [2.45, 2.75) is 39.7 Å². The van der Waals surface area contributed by atoms with Crippen LogP contribution in [0.5, 0.6) is 0 Å².